The highest BCUT2D eigenvalue weighted by molar-refractivity contribution is 6.33. The van der Waals surface area contributed by atoms with E-state index in [2.05, 4.69) is 5.32 Å². The van der Waals surface area contributed by atoms with Gasteiger partial charge in [0.2, 0.25) is 5.91 Å². The SMILES string of the molecule is CN(CC(=O)Nc1ccccc1Cl)Cc1cc(Cl)c2c(c1)OCCCO2. The van der Waals surface area contributed by atoms with Gasteiger partial charge in [-0.15, -0.1) is 0 Å². The lowest BCUT2D eigenvalue weighted by atomic mass is 10.2. The molecule has 1 aliphatic rings. The number of para-hydroxylation sites is 1. The second kappa shape index (κ2) is 8.62. The summed E-state index contributed by atoms with van der Waals surface area (Å²) < 4.78 is 11.3. The number of carbonyl (C=O) groups excluding carboxylic acids is 1. The zero-order chi connectivity index (χ0) is 18.5. The van der Waals surface area contributed by atoms with Crippen molar-refractivity contribution in [3.63, 3.8) is 0 Å². The molecule has 2 aromatic rings. The number of halogens is 2. The van der Waals surface area contributed by atoms with Crippen molar-refractivity contribution in [2.24, 2.45) is 0 Å². The first-order chi connectivity index (χ1) is 12.5. The smallest absolute Gasteiger partial charge is 0.238 e. The lowest BCUT2D eigenvalue weighted by Crippen LogP contribution is -2.29. The van der Waals surface area contributed by atoms with Crippen molar-refractivity contribution in [3.05, 3.63) is 52.0 Å². The van der Waals surface area contributed by atoms with Crippen LogP contribution in [-0.2, 0) is 11.3 Å². The second-order valence-corrected chi connectivity index (χ2v) is 6.97. The number of likely N-dealkylation sites (N-methyl/N-ethyl adjacent to an activating group) is 1. The van der Waals surface area contributed by atoms with Crippen LogP contribution in [0.2, 0.25) is 10.0 Å². The van der Waals surface area contributed by atoms with E-state index in [-0.39, 0.29) is 12.5 Å². The fraction of sp³-hybridized carbons (Fsp3) is 0.316. The summed E-state index contributed by atoms with van der Waals surface area (Å²) in [4.78, 5) is 14.1. The highest BCUT2D eigenvalue weighted by Crippen LogP contribution is 2.38. The molecule has 5 nitrogen and oxygen atoms in total. The topological polar surface area (TPSA) is 50.8 Å². The summed E-state index contributed by atoms with van der Waals surface area (Å²) in [5, 5.41) is 3.85. The van der Waals surface area contributed by atoms with E-state index < -0.39 is 0 Å². The summed E-state index contributed by atoms with van der Waals surface area (Å²) in [6.07, 6.45) is 0.822. The van der Waals surface area contributed by atoms with Crippen LogP contribution in [-0.4, -0.2) is 37.6 Å². The van der Waals surface area contributed by atoms with Gasteiger partial charge < -0.3 is 14.8 Å². The average Bonchev–Trinajstić information content (AvgIpc) is 2.82. The Bertz CT molecular complexity index is 798. The van der Waals surface area contributed by atoms with E-state index in [0.29, 0.717) is 47.0 Å². The van der Waals surface area contributed by atoms with Crippen LogP contribution in [0.4, 0.5) is 5.69 Å². The van der Waals surface area contributed by atoms with Crippen molar-refractivity contribution in [1.29, 1.82) is 0 Å². The van der Waals surface area contributed by atoms with Crippen molar-refractivity contribution in [1.82, 2.24) is 4.90 Å². The Morgan fingerprint density at radius 2 is 1.92 bits per heavy atom. The Morgan fingerprint density at radius 3 is 2.73 bits per heavy atom. The molecule has 0 saturated heterocycles. The lowest BCUT2D eigenvalue weighted by molar-refractivity contribution is -0.117. The number of amides is 1. The van der Waals surface area contributed by atoms with Crippen LogP contribution in [0.3, 0.4) is 0 Å². The number of hydrogen-bond donors (Lipinski definition) is 1. The van der Waals surface area contributed by atoms with Gasteiger partial charge in [0.1, 0.15) is 0 Å². The summed E-state index contributed by atoms with van der Waals surface area (Å²) in [6, 6.07) is 10.9. The Kier molecular flexibility index (Phi) is 6.25. The molecule has 3 rings (SSSR count). The number of ether oxygens (including phenoxy) is 2. The van der Waals surface area contributed by atoms with E-state index in [1.54, 1.807) is 12.1 Å². The van der Waals surface area contributed by atoms with Crippen molar-refractivity contribution >= 4 is 34.8 Å². The number of anilines is 1. The molecular weight excluding hydrogens is 375 g/mol. The molecule has 0 unspecified atom stereocenters. The fourth-order valence-corrected chi connectivity index (χ4v) is 3.21. The molecule has 0 spiro atoms. The van der Waals surface area contributed by atoms with Gasteiger partial charge >= 0.3 is 0 Å². The molecule has 0 aliphatic carbocycles. The monoisotopic (exact) mass is 394 g/mol. The number of fused-ring (bicyclic) bond motifs is 1. The number of benzene rings is 2. The Balaban J connectivity index is 1.62. The van der Waals surface area contributed by atoms with Crippen molar-refractivity contribution in [2.45, 2.75) is 13.0 Å². The maximum absolute atomic E-state index is 12.2. The van der Waals surface area contributed by atoms with Gasteiger partial charge in [0.05, 0.1) is 35.5 Å². The maximum atomic E-state index is 12.2. The van der Waals surface area contributed by atoms with Crippen molar-refractivity contribution < 1.29 is 14.3 Å². The van der Waals surface area contributed by atoms with Crippen LogP contribution in [0.25, 0.3) is 0 Å². The Hall–Kier alpha value is -1.95. The molecule has 2 aromatic carbocycles. The minimum atomic E-state index is -0.138. The first-order valence-electron chi connectivity index (χ1n) is 8.34. The molecule has 26 heavy (non-hydrogen) atoms. The Labute approximate surface area is 162 Å². The summed E-state index contributed by atoms with van der Waals surface area (Å²) >= 11 is 12.4. The highest BCUT2D eigenvalue weighted by atomic mass is 35.5. The van der Waals surface area contributed by atoms with Gasteiger partial charge in [-0.1, -0.05) is 35.3 Å². The van der Waals surface area contributed by atoms with Gasteiger partial charge in [0.15, 0.2) is 11.5 Å². The third kappa shape index (κ3) is 4.81. The predicted molar refractivity (Wildman–Crippen MR) is 103 cm³/mol. The maximum Gasteiger partial charge on any atom is 0.238 e. The third-order valence-corrected chi connectivity index (χ3v) is 4.49. The van der Waals surface area contributed by atoms with E-state index in [1.807, 2.05) is 36.2 Å². The average molecular weight is 395 g/mol. The second-order valence-electron chi connectivity index (χ2n) is 6.16. The van der Waals surface area contributed by atoms with Gasteiger partial charge in [-0.25, -0.2) is 0 Å². The summed E-state index contributed by atoms with van der Waals surface area (Å²) in [6.45, 7) is 1.96. The fourth-order valence-electron chi connectivity index (χ4n) is 2.74. The summed E-state index contributed by atoms with van der Waals surface area (Å²) in [5.74, 6) is 1.10. The van der Waals surface area contributed by atoms with Gasteiger partial charge in [-0.2, -0.15) is 0 Å². The standard InChI is InChI=1S/C19H20Cl2N2O3/c1-23(12-18(24)22-16-6-3-2-5-14(16)20)11-13-9-15(21)19-17(10-13)25-7-4-8-26-19/h2-3,5-6,9-10H,4,7-8,11-12H2,1H3,(H,22,24). The van der Waals surface area contributed by atoms with Crippen molar-refractivity contribution in [3.8, 4) is 11.5 Å². The molecule has 1 heterocycles. The molecule has 0 bridgehead atoms. The molecule has 1 N–H and O–H groups in total. The number of rotatable bonds is 5. The quantitative estimate of drug-likeness (QED) is 0.824. The molecule has 0 aromatic heterocycles. The largest absolute Gasteiger partial charge is 0.489 e. The molecule has 0 saturated carbocycles. The van der Waals surface area contributed by atoms with E-state index in [4.69, 9.17) is 32.7 Å². The molecule has 0 atom stereocenters. The summed E-state index contributed by atoms with van der Waals surface area (Å²) in [7, 11) is 1.86. The first kappa shape index (κ1) is 18.8. The molecule has 0 fully saturated rings. The lowest BCUT2D eigenvalue weighted by Gasteiger charge is -2.18. The van der Waals surface area contributed by atoms with Gasteiger partial charge in [0.25, 0.3) is 0 Å². The van der Waals surface area contributed by atoms with E-state index >= 15 is 0 Å². The van der Waals surface area contributed by atoms with Gasteiger partial charge in [0, 0.05) is 13.0 Å². The van der Waals surface area contributed by atoms with Crippen LogP contribution in [0, 0.1) is 0 Å². The minimum absolute atomic E-state index is 0.138. The van der Waals surface area contributed by atoms with E-state index in [1.165, 1.54) is 0 Å². The highest BCUT2D eigenvalue weighted by Gasteiger charge is 2.17. The van der Waals surface area contributed by atoms with Gasteiger partial charge in [-0.3, -0.25) is 9.69 Å². The molecule has 0 radical (unpaired) electrons. The Morgan fingerprint density at radius 1 is 1.15 bits per heavy atom. The van der Waals surface area contributed by atoms with Crippen LogP contribution in [0.1, 0.15) is 12.0 Å². The number of nitrogens with one attached hydrogen (secondary N) is 1. The molecule has 138 valence electrons. The first-order valence-corrected chi connectivity index (χ1v) is 9.09. The zero-order valence-corrected chi connectivity index (χ0v) is 15.9. The summed E-state index contributed by atoms with van der Waals surface area (Å²) in [5.41, 5.74) is 1.55. The molecule has 1 amide bonds. The minimum Gasteiger partial charge on any atom is -0.489 e. The van der Waals surface area contributed by atoms with E-state index in [9.17, 15) is 4.79 Å². The molecule has 1 aliphatic heterocycles. The number of carbonyl (C=O) groups is 1. The van der Waals surface area contributed by atoms with Crippen LogP contribution in [0.15, 0.2) is 36.4 Å². The molecular formula is C19H20Cl2N2O3. The number of hydrogen-bond acceptors (Lipinski definition) is 4. The van der Waals surface area contributed by atoms with Crippen molar-refractivity contribution in [2.75, 3.05) is 32.1 Å². The zero-order valence-electron chi connectivity index (χ0n) is 14.4. The van der Waals surface area contributed by atoms with Crippen LogP contribution in [0.5, 0.6) is 11.5 Å². The van der Waals surface area contributed by atoms with Crippen LogP contribution < -0.4 is 14.8 Å². The van der Waals surface area contributed by atoms with Crippen LogP contribution >= 0.6 is 23.2 Å². The third-order valence-electron chi connectivity index (χ3n) is 3.88. The van der Waals surface area contributed by atoms with E-state index in [0.717, 1.165) is 12.0 Å². The predicted octanol–water partition coefficient (Wildman–Crippen LogP) is 4.23. The molecule has 7 heteroatoms. The number of nitrogens with zero attached hydrogens (tertiary/aromatic N) is 1. The normalized spacial score (nSPS) is 13.4. The van der Waals surface area contributed by atoms with Gasteiger partial charge in [-0.05, 0) is 36.9 Å².